The van der Waals surface area contributed by atoms with Gasteiger partial charge in [-0.1, -0.05) is 36.4 Å². The second-order valence-electron chi connectivity index (χ2n) is 4.64. The van der Waals surface area contributed by atoms with Gasteiger partial charge in [0, 0.05) is 30.1 Å². The summed E-state index contributed by atoms with van der Waals surface area (Å²) in [7, 11) is 0. The van der Waals surface area contributed by atoms with Crippen molar-refractivity contribution in [1.29, 1.82) is 0 Å². The molecule has 0 atom stereocenters. The van der Waals surface area contributed by atoms with Crippen molar-refractivity contribution in [2.75, 3.05) is 19.7 Å². The molecule has 0 aliphatic heterocycles. The topological polar surface area (TPSA) is 36.4 Å². The Morgan fingerprint density at radius 1 is 1.35 bits per heavy atom. The van der Waals surface area contributed by atoms with Gasteiger partial charge in [-0.2, -0.15) is 0 Å². The van der Waals surface area contributed by atoms with E-state index >= 15 is 0 Å². The smallest absolute Gasteiger partial charge is 0.123 e. The molecule has 0 unspecified atom stereocenters. The van der Waals surface area contributed by atoms with Gasteiger partial charge in [0.2, 0.25) is 0 Å². The summed E-state index contributed by atoms with van der Waals surface area (Å²) in [5, 5.41) is 10.2. The minimum Gasteiger partial charge on any atom is -0.395 e. The molecule has 0 saturated carbocycles. The lowest BCUT2D eigenvalue weighted by Gasteiger charge is -2.18. The maximum atomic E-state index is 9.11. The number of thiazole rings is 1. The molecule has 0 amide bonds. The maximum Gasteiger partial charge on any atom is 0.123 e. The lowest BCUT2D eigenvalue weighted by Crippen LogP contribution is -2.26. The zero-order valence-electron chi connectivity index (χ0n) is 11.7. The molecule has 20 heavy (non-hydrogen) atoms. The van der Waals surface area contributed by atoms with Crippen molar-refractivity contribution in [2.45, 2.75) is 13.5 Å². The average molecular weight is 288 g/mol. The van der Waals surface area contributed by atoms with E-state index in [1.165, 1.54) is 4.88 Å². The number of rotatable bonds is 7. The summed E-state index contributed by atoms with van der Waals surface area (Å²) in [6, 6.07) is 10.2. The minimum absolute atomic E-state index is 0.164. The Balaban J connectivity index is 2.17. The molecule has 106 valence electrons. The summed E-state index contributed by atoms with van der Waals surface area (Å²) in [5.41, 5.74) is 2.23. The van der Waals surface area contributed by atoms with Gasteiger partial charge in [-0.05, 0) is 6.92 Å². The quantitative estimate of drug-likeness (QED) is 0.795. The van der Waals surface area contributed by atoms with Crippen LogP contribution in [0, 0.1) is 6.92 Å². The van der Waals surface area contributed by atoms with Crippen LogP contribution in [0.25, 0.3) is 10.6 Å². The highest BCUT2D eigenvalue weighted by Gasteiger charge is 2.12. The van der Waals surface area contributed by atoms with Crippen LogP contribution in [0.15, 0.2) is 43.0 Å². The van der Waals surface area contributed by atoms with Crippen LogP contribution in [-0.4, -0.2) is 34.7 Å². The predicted octanol–water partition coefficient (Wildman–Crippen LogP) is 3.10. The first-order chi connectivity index (χ1) is 9.74. The van der Waals surface area contributed by atoms with Gasteiger partial charge in [-0.25, -0.2) is 4.98 Å². The molecular formula is C16H20N2OS. The van der Waals surface area contributed by atoms with Crippen molar-refractivity contribution in [3.63, 3.8) is 0 Å². The Morgan fingerprint density at radius 2 is 2.10 bits per heavy atom. The minimum atomic E-state index is 0.164. The molecule has 0 bridgehead atoms. The van der Waals surface area contributed by atoms with E-state index in [1.807, 2.05) is 31.2 Å². The highest BCUT2D eigenvalue weighted by Crippen LogP contribution is 2.28. The summed E-state index contributed by atoms with van der Waals surface area (Å²) in [6.07, 6.45) is 1.87. The lowest BCUT2D eigenvalue weighted by atomic mass is 10.2. The summed E-state index contributed by atoms with van der Waals surface area (Å²) in [5.74, 6) is 0. The number of hydrogen-bond acceptors (Lipinski definition) is 4. The van der Waals surface area contributed by atoms with Crippen molar-refractivity contribution in [3.05, 3.63) is 53.6 Å². The van der Waals surface area contributed by atoms with E-state index < -0.39 is 0 Å². The first-order valence-corrected chi connectivity index (χ1v) is 7.52. The summed E-state index contributed by atoms with van der Waals surface area (Å²) in [4.78, 5) is 8.08. The zero-order valence-corrected chi connectivity index (χ0v) is 12.6. The fourth-order valence-electron chi connectivity index (χ4n) is 2.04. The molecule has 1 heterocycles. The molecule has 0 radical (unpaired) electrons. The number of benzene rings is 1. The molecule has 1 aromatic heterocycles. The molecule has 1 aromatic carbocycles. The van der Waals surface area contributed by atoms with Crippen LogP contribution in [0.3, 0.4) is 0 Å². The second-order valence-corrected chi connectivity index (χ2v) is 5.72. The average Bonchev–Trinajstić information content (AvgIpc) is 2.82. The van der Waals surface area contributed by atoms with E-state index in [0.29, 0.717) is 6.54 Å². The monoisotopic (exact) mass is 288 g/mol. The van der Waals surface area contributed by atoms with Crippen molar-refractivity contribution >= 4 is 11.3 Å². The van der Waals surface area contributed by atoms with Gasteiger partial charge in [-0.3, -0.25) is 4.90 Å². The van der Waals surface area contributed by atoms with Gasteiger partial charge in [-0.15, -0.1) is 17.9 Å². The van der Waals surface area contributed by atoms with Crippen LogP contribution in [0.2, 0.25) is 0 Å². The molecule has 2 aromatic rings. The fourth-order valence-corrected chi connectivity index (χ4v) is 3.15. The molecule has 1 N–H and O–H groups in total. The van der Waals surface area contributed by atoms with Gasteiger partial charge >= 0.3 is 0 Å². The number of aliphatic hydroxyl groups is 1. The first kappa shape index (κ1) is 14.9. The maximum absolute atomic E-state index is 9.11. The Labute approximate surface area is 124 Å². The summed E-state index contributed by atoms with van der Waals surface area (Å²) >= 11 is 1.72. The largest absolute Gasteiger partial charge is 0.395 e. The van der Waals surface area contributed by atoms with Crippen LogP contribution in [0.1, 0.15) is 10.6 Å². The highest BCUT2D eigenvalue weighted by molar-refractivity contribution is 7.15. The Bertz CT molecular complexity index is 551. The third-order valence-electron chi connectivity index (χ3n) is 3.08. The Kier molecular flexibility index (Phi) is 5.47. The SMILES string of the molecule is C=CCN(CCO)Cc1sc(-c2ccccc2)nc1C. The van der Waals surface area contributed by atoms with E-state index in [9.17, 15) is 0 Å². The predicted molar refractivity (Wildman–Crippen MR) is 84.8 cm³/mol. The molecule has 0 fully saturated rings. The van der Waals surface area contributed by atoms with Crippen molar-refractivity contribution in [1.82, 2.24) is 9.88 Å². The summed E-state index contributed by atoms with van der Waals surface area (Å²) < 4.78 is 0. The molecular weight excluding hydrogens is 268 g/mol. The van der Waals surface area contributed by atoms with Crippen LogP contribution in [0.4, 0.5) is 0 Å². The van der Waals surface area contributed by atoms with Crippen LogP contribution in [0.5, 0.6) is 0 Å². The van der Waals surface area contributed by atoms with E-state index in [-0.39, 0.29) is 6.61 Å². The molecule has 0 aliphatic rings. The highest BCUT2D eigenvalue weighted by atomic mass is 32.1. The summed E-state index contributed by atoms with van der Waals surface area (Å²) in [6.45, 7) is 8.21. The first-order valence-electron chi connectivity index (χ1n) is 6.70. The number of aliphatic hydroxyl groups excluding tert-OH is 1. The van der Waals surface area contributed by atoms with Crippen LogP contribution >= 0.6 is 11.3 Å². The molecule has 0 spiro atoms. The van der Waals surface area contributed by atoms with E-state index in [0.717, 1.165) is 29.4 Å². The third-order valence-corrected chi connectivity index (χ3v) is 4.28. The van der Waals surface area contributed by atoms with E-state index in [1.54, 1.807) is 11.3 Å². The van der Waals surface area contributed by atoms with Gasteiger partial charge in [0.25, 0.3) is 0 Å². The molecule has 2 rings (SSSR count). The van der Waals surface area contributed by atoms with E-state index in [2.05, 4.69) is 28.6 Å². The number of hydrogen-bond donors (Lipinski definition) is 1. The number of nitrogens with zero attached hydrogens (tertiary/aromatic N) is 2. The molecule has 0 saturated heterocycles. The van der Waals surface area contributed by atoms with Gasteiger partial charge < -0.3 is 5.11 Å². The van der Waals surface area contributed by atoms with Crippen LogP contribution in [-0.2, 0) is 6.54 Å². The van der Waals surface area contributed by atoms with Crippen LogP contribution < -0.4 is 0 Å². The number of aromatic nitrogens is 1. The van der Waals surface area contributed by atoms with Gasteiger partial charge in [0.05, 0.1) is 12.3 Å². The lowest BCUT2D eigenvalue weighted by molar-refractivity contribution is 0.204. The Hall–Kier alpha value is -1.49. The molecule has 0 aliphatic carbocycles. The molecule has 4 heteroatoms. The standard InChI is InChI=1S/C16H20N2OS/c1-3-9-18(10-11-19)12-15-13(2)17-16(20-15)14-7-5-4-6-8-14/h3-8,19H,1,9-12H2,2H3. The van der Waals surface area contributed by atoms with Crippen molar-refractivity contribution < 1.29 is 5.11 Å². The third kappa shape index (κ3) is 3.76. The molecule has 3 nitrogen and oxygen atoms in total. The van der Waals surface area contributed by atoms with Gasteiger partial charge in [0.1, 0.15) is 5.01 Å². The van der Waals surface area contributed by atoms with Crippen molar-refractivity contribution in [2.24, 2.45) is 0 Å². The Morgan fingerprint density at radius 3 is 2.75 bits per heavy atom. The van der Waals surface area contributed by atoms with Gasteiger partial charge in [0.15, 0.2) is 0 Å². The second kappa shape index (κ2) is 7.33. The van der Waals surface area contributed by atoms with Crippen molar-refractivity contribution in [3.8, 4) is 10.6 Å². The number of aryl methyl sites for hydroxylation is 1. The zero-order chi connectivity index (χ0) is 14.4. The fraction of sp³-hybridized carbons (Fsp3) is 0.312. The van der Waals surface area contributed by atoms with E-state index in [4.69, 9.17) is 5.11 Å². The normalized spacial score (nSPS) is 10.9.